The van der Waals surface area contributed by atoms with Crippen molar-refractivity contribution < 1.29 is 14.0 Å². The highest BCUT2D eigenvalue weighted by Gasteiger charge is 2.26. The Morgan fingerprint density at radius 3 is 2.52 bits per heavy atom. The van der Waals surface area contributed by atoms with Crippen LogP contribution in [0.4, 0.5) is 10.1 Å². The number of hydrogen-bond acceptors (Lipinski definition) is 3. The highest BCUT2D eigenvalue weighted by molar-refractivity contribution is 6.00. The summed E-state index contributed by atoms with van der Waals surface area (Å²) in [5, 5.41) is 0.775. The standard InChI is InChI=1S/C20H23FN4O2/c1-4-5-17(27)24-6-8-25(9-7-24)20-15(21)10-14(11-16(22)26)19-18(20)12(2)13(3)23-19/h10,23H,6-9,11H2,1-3H3,(H2,22,26). The lowest BCUT2D eigenvalue weighted by molar-refractivity contribution is -0.125. The fourth-order valence-corrected chi connectivity index (χ4v) is 3.62. The number of nitrogens with two attached hydrogens (primary N) is 1. The molecule has 0 spiro atoms. The molecule has 1 aromatic heterocycles. The Kier molecular flexibility index (Phi) is 5.08. The van der Waals surface area contributed by atoms with Crippen molar-refractivity contribution in [3.63, 3.8) is 0 Å². The Bertz CT molecular complexity index is 975. The third-order valence-electron chi connectivity index (χ3n) is 5.06. The molecule has 6 nitrogen and oxygen atoms in total. The number of halogens is 1. The van der Waals surface area contributed by atoms with Crippen LogP contribution in [0.1, 0.15) is 23.7 Å². The SMILES string of the molecule is CC#CC(=O)N1CCN(c2c(F)cc(CC(N)=O)c3[nH]c(C)c(C)c23)CC1. The van der Waals surface area contributed by atoms with Crippen LogP contribution in [0.25, 0.3) is 10.9 Å². The van der Waals surface area contributed by atoms with Crippen molar-refractivity contribution in [2.45, 2.75) is 27.2 Å². The fourth-order valence-electron chi connectivity index (χ4n) is 3.62. The van der Waals surface area contributed by atoms with Crippen LogP contribution < -0.4 is 10.6 Å². The zero-order chi connectivity index (χ0) is 19.7. The summed E-state index contributed by atoms with van der Waals surface area (Å²) in [5.74, 6) is 4.08. The number of benzene rings is 1. The first-order chi connectivity index (χ1) is 12.8. The second kappa shape index (κ2) is 7.31. The molecule has 1 saturated heterocycles. The molecule has 3 rings (SSSR count). The number of carbonyl (C=O) groups excluding carboxylic acids is 2. The number of piperazine rings is 1. The summed E-state index contributed by atoms with van der Waals surface area (Å²) in [6, 6.07) is 1.39. The van der Waals surface area contributed by atoms with Gasteiger partial charge in [0.15, 0.2) is 0 Å². The van der Waals surface area contributed by atoms with Crippen molar-refractivity contribution in [1.29, 1.82) is 0 Å². The molecule has 0 unspecified atom stereocenters. The average Bonchev–Trinajstić information content (AvgIpc) is 2.91. The number of amides is 2. The maximum atomic E-state index is 15.1. The molecule has 2 aromatic rings. The van der Waals surface area contributed by atoms with E-state index in [1.807, 2.05) is 18.7 Å². The Labute approximate surface area is 157 Å². The van der Waals surface area contributed by atoms with E-state index in [4.69, 9.17) is 5.73 Å². The highest BCUT2D eigenvalue weighted by Crippen LogP contribution is 2.36. The van der Waals surface area contributed by atoms with Gasteiger partial charge in [-0.3, -0.25) is 9.59 Å². The van der Waals surface area contributed by atoms with Crippen molar-refractivity contribution in [2.24, 2.45) is 5.73 Å². The van der Waals surface area contributed by atoms with Crippen molar-refractivity contribution in [3.8, 4) is 11.8 Å². The summed E-state index contributed by atoms with van der Waals surface area (Å²) >= 11 is 0. The van der Waals surface area contributed by atoms with Crippen LogP contribution in [0.15, 0.2) is 6.07 Å². The van der Waals surface area contributed by atoms with Crippen LogP contribution in [0.3, 0.4) is 0 Å². The molecule has 3 N–H and O–H groups in total. The van der Waals surface area contributed by atoms with Crippen LogP contribution in [0.5, 0.6) is 0 Å². The third kappa shape index (κ3) is 3.47. The lowest BCUT2D eigenvalue weighted by Gasteiger charge is -2.36. The number of carbonyl (C=O) groups is 2. The summed E-state index contributed by atoms with van der Waals surface area (Å²) < 4.78 is 15.1. The molecular weight excluding hydrogens is 347 g/mol. The van der Waals surface area contributed by atoms with Gasteiger partial charge in [0.2, 0.25) is 5.91 Å². The number of rotatable bonds is 3. The molecule has 27 heavy (non-hydrogen) atoms. The van der Waals surface area contributed by atoms with Gasteiger partial charge in [0.25, 0.3) is 5.91 Å². The number of nitrogens with zero attached hydrogens (tertiary/aromatic N) is 2. The second-order valence-electron chi connectivity index (χ2n) is 6.79. The number of fused-ring (bicyclic) bond motifs is 1. The zero-order valence-corrected chi connectivity index (χ0v) is 15.8. The average molecular weight is 370 g/mol. The molecule has 2 amide bonds. The predicted octanol–water partition coefficient (Wildman–Crippen LogP) is 1.62. The predicted molar refractivity (Wildman–Crippen MR) is 103 cm³/mol. The fraction of sp³-hybridized carbons (Fsp3) is 0.400. The molecule has 1 fully saturated rings. The molecule has 0 radical (unpaired) electrons. The van der Waals surface area contributed by atoms with E-state index in [1.165, 1.54) is 6.07 Å². The Balaban J connectivity index is 2.00. The van der Waals surface area contributed by atoms with Gasteiger partial charge in [0.1, 0.15) is 5.82 Å². The number of anilines is 1. The van der Waals surface area contributed by atoms with E-state index in [0.29, 0.717) is 37.4 Å². The number of hydrogen-bond donors (Lipinski definition) is 2. The zero-order valence-electron chi connectivity index (χ0n) is 15.8. The number of aryl methyl sites for hydroxylation is 2. The monoisotopic (exact) mass is 370 g/mol. The van der Waals surface area contributed by atoms with E-state index in [1.54, 1.807) is 11.8 Å². The number of aromatic amines is 1. The van der Waals surface area contributed by atoms with Gasteiger partial charge in [-0.05, 0) is 43.9 Å². The highest BCUT2D eigenvalue weighted by atomic mass is 19.1. The van der Waals surface area contributed by atoms with Crippen LogP contribution in [-0.4, -0.2) is 47.9 Å². The van der Waals surface area contributed by atoms with Crippen LogP contribution in [0.2, 0.25) is 0 Å². The van der Waals surface area contributed by atoms with Crippen LogP contribution in [-0.2, 0) is 16.0 Å². The van der Waals surface area contributed by atoms with E-state index in [-0.39, 0.29) is 18.1 Å². The van der Waals surface area contributed by atoms with Gasteiger partial charge >= 0.3 is 0 Å². The molecule has 7 heteroatoms. The van der Waals surface area contributed by atoms with Gasteiger partial charge in [-0.2, -0.15) is 0 Å². The van der Waals surface area contributed by atoms with Gasteiger partial charge in [-0.1, -0.05) is 5.92 Å². The molecule has 0 bridgehead atoms. The maximum absolute atomic E-state index is 15.1. The summed E-state index contributed by atoms with van der Waals surface area (Å²) in [6.07, 6.45) is -0.0228. The first kappa shape index (κ1) is 18.8. The van der Waals surface area contributed by atoms with E-state index in [2.05, 4.69) is 16.8 Å². The largest absolute Gasteiger partial charge is 0.369 e. The first-order valence-corrected chi connectivity index (χ1v) is 8.88. The number of H-pyrrole nitrogens is 1. The second-order valence-corrected chi connectivity index (χ2v) is 6.79. The topological polar surface area (TPSA) is 82.4 Å². The molecule has 1 aromatic carbocycles. The first-order valence-electron chi connectivity index (χ1n) is 8.88. The molecule has 0 atom stereocenters. The normalized spacial score (nSPS) is 14.2. The molecule has 1 aliphatic rings. The van der Waals surface area contributed by atoms with Crippen molar-refractivity contribution in [3.05, 3.63) is 28.7 Å². The van der Waals surface area contributed by atoms with Gasteiger partial charge in [0.05, 0.1) is 17.6 Å². The Morgan fingerprint density at radius 2 is 1.93 bits per heavy atom. The van der Waals surface area contributed by atoms with E-state index in [9.17, 15) is 9.59 Å². The van der Waals surface area contributed by atoms with E-state index < -0.39 is 5.91 Å². The lowest BCUT2D eigenvalue weighted by atomic mass is 10.0. The molecule has 0 saturated carbocycles. The minimum atomic E-state index is -0.502. The van der Waals surface area contributed by atoms with Gasteiger partial charge in [-0.25, -0.2) is 4.39 Å². The van der Waals surface area contributed by atoms with Gasteiger partial charge < -0.3 is 20.5 Å². The number of primary amides is 1. The van der Waals surface area contributed by atoms with Crippen molar-refractivity contribution >= 4 is 28.4 Å². The van der Waals surface area contributed by atoms with E-state index >= 15 is 4.39 Å². The maximum Gasteiger partial charge on any atom is 0.298 e. The quantitative estimate of drug-likeness (QED) is 0.806. The lowest BCUT2D eigenvalue weighted by Crippen LogP contribution is -2.48. The summed E-state index contributed by atoms with van der Waals surface area (Å²) in [6.45, 7) is 7.49. The molecule has 2 heterocycles. The van der Waals surface area contributed by atoms with Gasteiger partial charge in [0, 0.05) is 37.3 Å². The van der Waals surface area contributed by atoms with E-state index in [0.717, 1.165) is 22.2 Å². The number of aromatic nitrogens is 1. The Hall–Kier alpha value is -3.01. The summed E-state index contributed by atoms with van der Waals surface area (Å²) in [4.78, 5) is 30.2. The smallest absolute Gasteiger partial charge is 0.298 e. The summed E-state index contributed by atoms with van der Waals surface area (Å²) in [7, 11) is 0. The van der Waals surface area contributed by atoms with Crippen LogP contribution in [0, 0.1) is 31.5 Å². The summed E-state index contributed by atoms with van der Waals surface area (Å²) in [5.41, 5.74) is 9.01. The minimum absolute atomic E-state index is 0.0228. The molecular formula is C20H23FN4O2. The molecule has 1 aliphatic heterocycles. The van der Waals surface area contributed by atoms with Crippen LogP contribution >= 0.6 is 0 Å². The Morgan fingerprint density at radius 1 is 1.26 bits per heavy atom. The number of nitrogens with one attached hydrogen (secondary N) is 1. The third-order valence-corrected chi connectivity index (χ3v) is 5.06. The van der Waals surface area contributed by atoms with Gasteiger partial charge in [-0.15, -0.1) is 0 Å². The minimum Gasteiger partial charge on any atom is -0.369 e. The van der Waals surface area contributed by atoms with Crippen molar-refractivity contribution in [2.75, 3.05) is 31.1 Å². The molecule has 0 aliphatic carbocycles. The molecule has 142 valence electrons. The van der Waals surface area contributed by atoms with Crippen molar-refractivity contribution in [1.82, 2.24) is 9.88 Å².